The third kappa shape index (κ3) is 5.16. The van der Waals surface area contributed by atoms with Crippen molar-refractivity contribution in [1.82, 2.24) is 4.31 Å². The number of piperidine rings is 1. The minimum atomic E-state index is -4.91. The molecule has 0 N–H and O–H groups in total. The van der Waals surface area contributed by atoms with E-state index in [2.05, 4.69) is 10.8 Å². The standard InChI is InChI=1S/C23H25F3N2O4S/c1-16-7-8-21-18(14-16)4-3-11-28(21)22(29)17-9-12-27(13-10-17)33(30,31)20-6-2-5-19(15-20)32-23(24,25)26/h2,5-8,14-15,17H,3-4,9-13H2,1H3. The predicted molar refractivity (Wildman–Crippen MR) is 116 cm³/mol. The first kappa shape index (κ1) is 23.6. The highest BCUT2D eigenvalue weighted by atomic mass is 32.2. The number of halogens is 3. The van der Waals surface area contributed by atoms with Gasteiger partial charge in [0.15, 0.2) is 0 Å². The molecule has 0 aromatic heterocycles. The van der Waals surface area contributed by atoms with Gasteiger partial charge in [-0.2, -0.15) is 4.31 Å². The van der Waals surface area contributed by atoms with Crippen molar-refractivity contribution in [2.45, 2.75) is 43.9 Å². The van der Waals surface area contributed by atoms with Gasteiger partial charge < -0.3 is 9.64 Å². The van der Waals surface area contributed by atoms with Gasteiger partial charge in [0, 0.05) is 37.3 Å². The van der Waals surface area contributed by atoms with Crippen molar-refractivity contribution in [2.75, 3.05) is 24.5 Å². The lowest BCUT2D eigenvalue weighted by molar-refractivity contribution is -0.274. The number of carbonyl (C=O) groups excluding carboxylic acids is 1. The molecule has 2 heterocycles. The average Bonchev–Trinajstić information content (AvgIpc) is 2.77. The summed E-state index contributed by atoms with van der Waals surface area (Å²) in [6.45, 7) is 2.90. The smallest absolute Gasteiger partial charge is 0.406 e. The van der Waals surface area contributed by atoms with Crippen LogP contribution in [0.1, 0.15) is 30.4 Å². The van der Waals surface area contributed by atoms with Crippen LogP contribution >= 0.6 is 0 Å². The van der Waals surface area contributed by atoms with Gasteiger partial charge in [0.2, 0.25) is 15.9 Å². The van der Waals surface area contributed by atoms with Crippen LogP contribution in [0.2, 0.25) is 0 Å². The van der Waals surface area contributed by atoms with Gasteiger partial charge in [-0.25, -0.2) is 8.42 Å². The average molecular weight is 483 g/mol. The lowest BCUT2D eigenvalue weighted by atomic mass is 9.93. The van der Waals surface area contributed by atoms with Gasteiger partial charge in [-0.05, 0) is 56.4 Å². The molecule has 0 unspecified atom stereocenters. The van der Waals surface area contributed by atoms with Crippen molar-refractivity contribution >= 4 is 21.6 Å². The molecule has 1 fully saturated rings. The second-order valence-electron chi connectivity index (χ2n) is 8.43. The highest BCUT2D eigenvalue weighted by Gasteiger charge is 2.36. The Bertz CT molecular complexity index is 1140. The Hall–Kier alpha value is -2.59. The Labute approximate surface area is 191 Å². The second kappa shape index (κ2) is 8.98. The molecular weight excluding hydrogens is 457 g/mol. The molecule has 0 atom stereocenters. The molecule has 10 heteroatoms. The molecule has 0 saturated carbocycles. The Morgan fingerprint density at radius 2 is 1.79 bits per heavy atom. The Morgan fingerprint density at radius 3 is 2.48 bits per heavy atom. The van der Waals surface area contributed by atoms with E-state index >= 15 is 0 Å². The largest absolute Gasteiger partial charge is 0.573 e. The number of carbonyl (C=O) groups is 1. The molecule has 1 amide bonds. The van der Waals surface area contributed by atoms with E-state index in [1.54, 1.807) is 0 Å². The van der Waals surface area contributed by atoms with E-state index < -0.39 is 22.1 Å². The van der Waals surface area contributed by atoms with Crippen molar-refractivity contribution in [3.8, 4) is 5.75 Å². The number of aryl methyl sites for hydroxylation is 2. The van der Waals surface area contributed by atoms with E-state index in [1.165, 1.54) is 16.4 Å². The molecule has 0 radical (unpaired) electrons. The van der Waals surface area contributed by atoms with Crippen LogP contribution in [-0.2, 0) is 21.2 Å². The first-order valence-electron chi connectivity index (χ1n) is 10.8. The van der Waals surface area contributed by atoms with Crippen LogP contribution < -0.4 is 9.64 Å². The number of fused-ring (bicyclic) bond motifs is 1. The van der Waals surface area contributed by atoms with E-state index in [0.717, 1.165) is 41.8 Å². The maximum absolute atomic E-state index is 13.2. The SMILES string of the molecule is Cc1ccc2c(c1)CCCN2C(=O)C1CCN(S(=O)(=O)c2cccc(OC(F)(F)F)c2)CC1. The normalized spacial score (nSPS) is 18.1. The molecule has 33 heavy (non-hydrogen) atoms. The van der Waals surface area contributed by atoms with Crippen molar-refractivity contribution in [2.24, 2.45) is 5.92 Å². The van der Waals surface area contributed by atoms with Crippen molar-refractivity contribution in [3.05, 3.63) is 53.6 Å². The fourth-order valence-electron chi connectivity index (χ4n) is 4.50. The molecule has 1 saturated heterocycles. The summed E-state index contributed by atoms with van der Waals surface area (Å²) in [5, 5.41) is 0. The zero-order valence-corrected chi connectivity index (χ0v) is 19.0. The molecule has 2 aromatic rings. The predicted octanol–water partition coefficient (Wildman–Crippen LogP) is 4.27. The maximum atomic E-state index is 13.2. The van der Waals surface area contributed by atoms with Crippen molar-refractivity contribution < 1.29 is 31.1 Å². The fourth-order valence-corrected chi connectivity index (χ4v) is 6.00. The minimum absolute atomic E-state index is 0.00238. The number of hydrogen-bond donors (Lipinski definition) is 0. The number of benzene rings is 2. The fraction of sp³-hybridized carbons (Fsp3) is 0.435. The van der Waals surface area contributed by atoms with Gasteiger partial charge in [-0.15, -0.1) is 13.2 Å². The Kier molecular flexibility index (Phi) is 6.41. The summed E-state index contributed by atoms with van der Waals surface area (Å²) in [5.74, 6) is -0.895. The van der Waals surface area contributed by atoms with Gasteiger partial charge in [0.25, 0.3) is 0 Å². The maximum Gasteiger partial charge on any atom is 0.573 e. The number of amides is 1. The van der Waals surface area contributed by atoms with Crippen LogP contribution in [0, 0.1) is 12.8 Å². The number of alkyl halides is 3. The molecule has 2 aliphatic heterocycles. The molecule has 178 valence electrons. The van der Waals surface area contributed by atoms with E-state index in [1.807, 2.05) is 24.0 Å². The summed E-state index contributed by atoms with van der Waals surface area (Å²) in [7, 11) is -4.01. The van der Waals surface area contributed by atoms with Crippen molar-refractivity contribution in [1.29, 1.82) is 0 Å². The molecule has 0 bridgehead atoms. The van der Waals surface area contributed by atoms with E-state index in [-0.39, 0.29) is 29.8 Å². The third-order valence-electron chi connectivity index (χ3n) is 6.10. The third-order valence-corrected chi connectivity index (χ3v) is 7.99. The number of sulfonamides is 1. The summed E-state index contributed by atoms with van der Waals surface area (Å²) in [4.78, 5) is 14.8. The molecule has 6 nitrogen and oxygen atoms in total. The Morgan fingerprint density at radius 1 is 1.06 bits per heavy atom. The molecule has 0 aliphatic carbocycles. The van der Waals surface area contributed by atoms with Gasteiger partial charge >= 0.3 is 6.36 Å². The Balaban J connectivity index is 1.44. The quantitative estimate of drug-likeness (QED) is 0.653. The molecule has 0 spiro atoms. The van der Waals surface area contributed by atoms with Crippen LogP contribution in [0.3, 0.4) is 0 Å². The van der Waals surface area contributed by atoms with Crippen LogP contribution in [0.25, 0.3) is 0 Å². The molecule has 2 aliphatic rings. The zero-order chi connectivity index (χ0) is 23.8. The molecular formula is C23H25F3N2O4S. The van der Waals surface area contributed by atoms with Crippen LogP contribution in [-0.4, -0.2) is 44.6 Å². The van der Waals surface area contributed by atoms with Gasteiger partial charge in [-0.1, -0.05) is 23.8 Å². The molecule has 4 rings (SSSR count). The molecule has 2 aromatic carbocycles. The lowest BCUT2D eigenvalue weighted by Crippen LogP contribution is -2.45. The number of rotatable bonds is 4. The number of hydrogen-bond acceptors (Lipinski definition) is 4. The lowest BCUT2D eigenvalue weighted by Gasteiger charge is -2.36. The number of ether oxygens (including phenoxy) is 1. The first-order chi connectivity index (χ1) is 15.5. The van der Waals surface area contributed by atoms with E-state index in [0.29, 0.717) is 19.4 Å². The van der Waals surface area contributed by atoms with Gasteiger partial charge in [0.1, 0.15) is 5.75 Å². The zero-order valence-electron chi connectivity index (χ0n) is 18.1. The van der Waals surface area contributed by atoms with E-state index in [4.69, 9.17) is 0 Å². The van der Waals surface area contributed by atoms with Crippen LogP contribution in [0.4, 0.5) is 18.9 Å². The van der Waals surface area contributed by atoms with Crippen molar-refractivity contribution in [3.63, 3.8) is 0 Å². The van der Waals surface area contributed by atoms with E-state index in [9.17, 15) is 26.4 Å². The number of anilines is 1. The summed E-state index contributed by atoms with van der Waals surface area (Å²) < 4.78 is 68.5. The topological polar surface area (TPSA) is 66.9 Å². The second-order valence-corrected chi connectivity index (χ2v) is 10.4. The van der Waals surface area contributed by atoms with Crippen LogP contribution in [0.5, 0.6) is 5.75 Å². The monoisotopic (exact) mass is 482 g/mol. The highest BCUT2D eigenvalue weighted by Crippen LogP contribution is 2.33. The summed E-state index contributed by atoms with van der Waals surface area (Å²) in [5.41, 5.74) is 3.22. The first-order valence-corrected chi connectivity index (χ1v) is 12.3. The number of nitrogens with zero attached hydrogens (tertiary/aromatic N) is 2. The van der Waals surface area contributed by atoms with Crippen LogP contribution in [0.15, 0.2) is 47.4 Å². The summed E-state index contributed by atoms with van der Waals surface area (Å²) in [6, 6.07) is 10.4. The van der Waals surface area contributed by atoms with Gasteiger partial charge in [-0.3, -0.25) is 4.79 Å². The summed E-state index contributed by atoms with van der Waals surface area (Å²) >= 11 is 0. The minimum Gasteiger partial charge on any atom is -0.406 e. The van der Waals surface area contributed by atoms with Gasteiger partial charge in [0.05, 0.1) is 4.90 Å². The highest BCUT2D eigenvalue weighted by molar-refractivity contribution is 7.89. The summed E-state index contributed by atoms with van der Waals surface area (Å²) in [6.07, 6.45) is -2.39.